The van der Waals surface area contributed by atoms with Gasteiger partial charge in [-0.2, -0.15) is 0 Å². The van der Waals surface area contributed by atoms with Crippen molar-refractivity contribution in [3.63, 3.8) is 0 Å². The number of hydrogen-bond donors (Lipinski definition) is 1. The van der Waals surface area contributed by atoms with Crippen LogP contribution in [-0.4, -0.2) is 43.6 Å². The molecule has 3 saturated heterocycles. The molecule has 28 heavy (non-hydrogen) atoms. The molecule has 1 N–H and O–H groups in total. The van der Waals surface area contributed by atoms with Crippen LogP contribution in [-0.2, 0) is 0 Å². The number of carbonyl (C=O) groups excluding carboxylic acids is 1. The molecular formula is C23H24N2O3. The number of hydrogen-bond acceptors (Lipinski definition) is 4. The topological polar surface area (TPSA) is 54.7 Å². The van der Waals surface area contributed by atoms with Crippen molar-refractivity contribution in [3.05, 3.63) is 54.3 Å². The molecule has 1 amide bonds. The second-order valence-electron chi connectivity index (χ2n) is 7.81. The first-order valence-corrected chi connectivity index (χ1v) is 9.91. The zero-order chi connectivity index (χ0) is 19.1. The highest BCUT2D eigenvalue weighted by Gasteiger charge is 2.35. The minimum Gasteiger partial charge on any atom is -0.497 e. The Balaban J connectivity index is 1.36. The molecule has 5 heteroatoms. The van der Waals surface area contributed by atoms with Crippen molar-refractivity contribution in [2.45, 2.75) is 18.9 Å². The number of ether oxygens (including phenoxy) is 1. The summed E-state index contributed by atoms with van der Waals surface area (Å²) in [6.07, 6.45) is 2.35. The summed E-state index contributed by atoms with van der Waals surface area (Å²) >= 11 is 0. The zero-order valence-electron chi connectivity index (χ0n) is 16.0. The van der Waals surface area contributed by atoms with E-state index in [2.05, 4.69) is 16.3 Å². The number of benzene rings is 2. The van der Waals surface area contributed by atoms with E-state index >= 15 is 0 Å². The van der Waals surface area contributed by atoms with Crippen LogP contribution < -0.4 is 10.1 Å². The van der Waals surface area contributed by atoms with Gasteiger partial charge >= 0.3 is 0 Å². The summed E-state index contributed by atoms with van der Waals surface area (Å²) in [6, 6.07) is 16.0. The van der Waals surface area contributed by atoms with E-state index in [1.54, 1.807) is 7.11 Å². The molecule has 0 aliphatic carbocycles. The predicted molar refractivity (Wildman–Crippen MR) is 109 cm³/mol. The number of carbonyl (C=O) groups is 1. The lowest BCUT2D eigenvalue weighted by atomic mass is 9.84. The van der Waals surface area contributed by atoms with Gasteiger partial charge in [0.15, 0.2) is 5.76 Å². The highest BCUT2D eigenvalue weighted by molar-refractivity contribution is 5.97. The van der Waals surface area contributed by atoms with Gasteiger partial charge in [-0.05, 0) is 67.2 Å². The van der Waals surface area contributed by atoms with Crippen molar-refractivity contribution in [2.24, 2.45) is 5.92 Å². The van der Waals surface area contributed by atoms with Crippen molar-refractivity contribution < 1.29 is 13.9 Å². The molecule has 3 aliphatic rings. The number of methoxy groups -OCH3 is 1. The Morgan fingerprint density at radius 3 is 2.50 bits per heavy atom. The molecule has 2 aromatic carbocycles. The van der Waals surface area contributed by atoms with Crippen LogP contribution in [0, 0.1) is 5.92 Å². The van der Waals surface area contributed by atoms with Gasteiger partial charge in [0.25, 0.3) is 5.91 Å². The summed E-state index contributed by atoms with van der Waals surface area (Å²) in [5, 5.41) is 4.14. The average molecular weight is 376 g/mol. The fourth-order valence-electron chi connectivity index (χ4n) is 4.47. The number of nitrogens with one attached hydrogen (secondary N) is 1. The van der Waals surface area contributed by atoms with Crippen LogP contribution in [0.3, 0.4) is 0 Å². The minimum atomic E-state index is -0.110. The Morgan fingerprint density at radius 1 is 1.07 bits per heavy atom. The number of rotatable bonds is 4. The molecular weight excluding hydrogens is 352 g/mol. The summed E-state index contributed by atoms with van der Waals surface area (Å²) in [6.45, 7) is 3.28. The van der Waals surface area contributed by atoms with E-state index in [0.29, 0.717) is 11.7 Å². The van der Waals surface area contributed by atoms with Crippen molar-refractivity contribution >= 4 is 16.9 Å². The third kappa shape index (κ3) is 3.16. The number of amides is 1. The molecule has 144 valence electrons. The predicted octanol–water partition coefficient (Wildman–Crippen LogP) is 3.93. The molecule has 6 rings (SSSR count). The SMILES string of the molecule is COc1ccc(-c2ccc3cc(C(=O)N[C@H]4CN5CCC4CC5)oc3c2)cc1. The molecule has 1 atom stereocenters. The minimum absolute atomic E-state index is 0.110. The van der Waals surface area contributed by atoms with Gasteiger partial charge in [-0.1, -0.05) is 24.3 Å². The Morgan fingerprint density at radius 2 is 1.82 bits per heavy atom. The smallest absolute Gasteiger partial charge is 0.287 e. The third-order valence-electron chi connectivity index (χ3n) is 6.14. The maximum absolute atomic E-state index is 12.7. The number of piperidine rings is 3. The second kappa shape index (κ2) is 6.99. The average Bonchev–Trinajstić information content (AvgIpc) is 3.18. The Labute approximate surface area is 164 Å². The van der Waals surface area contributed by atoms with Crippen molar-refractivity contribution in [2.75, 3.05) is 26.7 Å². The van der Waals surface area contributed by atoms with Crippen LogP contribution in [0.4, 0.5) is 0 Å². The third-order valence-corrected chi connectivity index (χ3v) is 6.14. The van der Waals surface area contributed by atoms with Crippen LogP contribution in [0.2, 0.25) is 0 Å². The first kappa shape index (κ1) is 17.3. The van der Waals surface area contributed by atoms with Gasteiger partial charge in [-0.3, -0.25) is 4.79 Å². The number of fused-ring (bicyclic) bond motifs is 4. The van der Waals surface area contributed by atoms with Gasteiger partial charge in [0.05, 0.1) is 7.11 Å². The molecule has 0 saturated carbocycles. The largest absolute Gasteiger partial charge is 0.497 e. The highest BCUT2D eigenvalue weighted by Crippen LogP contribution is 2.30. The van der Waals surface area contributed by atoms with Crippen molar-refractivity contribution in [1.29, 1.82) is 0 Å². The van der Waals surface area contributed by atoms with Gasteiger partial charge in [-0.25, -0.2) is 0 Å². The molecule has 0 spiro atoms. The molecule has 3 aliphatic heterocycles. The monoisotopic (exact) mass is 376 g/mol. The summed E-state index contributed by atoms with van der Waals surface area (Å²) < 4.78 is 11.1. The number of furan rings is 1. The number of nitrogens with zero attached hydrogens (tertiary/aromatic N) is 1. The van der Waals surface area contributed by atoms with Crippen LogP contribution in [0.15, 0.2) is 52.9 Å². The second-order valence-corrected chi connectivity index (χ2v) is 7.81. The Kier molecular flexibility index (Phi) is 4.32. The molecule has 0 unspecified atom stereocenters. The first-order chi connectivity index (χ1) is 13.7. The lowest BCUT2D eigenvalue weighted by Crippen LogP contribution is -2.57. The zero-order valence-corrected chi connectivity index (χ0v) is 16.0. The summed E-state index contributed by atoms with van der Waals surface area (Å²) in [7, 11) is 1.66. The molecule has 1 aromatic heterocycles. The fourth-order valence-corrected chi connectivity index (χ4v) is 4.47. The van der Waals surface area contributed by atoms with E-state index in [4.69, 9.17) is 9.15 Å². The fraction of sp³-hybridized carbons (Fsp3) is 0.348. The standard InChI is InChI=1S/C23H24N2O3/c1-27-19-6-4-15(5-7-19)17-2-3-18-13-22(28-21(18)12-17)23(26)24-20-14-25-10-8-16(20)9-11-25/h2-7,12-13,16,20H,8-11,14H2,1H3,(H,24,26)/t20-/m0/s1. The van der Waals surface area contributed by atoms with Crippen LogP contribution in [0.5, 0.6) is 5.75 Å². The van der Waals surface area contributed by atoms with E-state index in [1.165, 1.54) is 12.8 Å². The van der Waals surface area contributed by atoms with E-state index in [1.807, 2.05) is 42.5 Å². The van der Waals surface area contributed by atoms with Crippen LogP contribution >= 0.6 is 0 Å². The van der Waals surface area contributed by atoms with Crippen molar-refractivity contribution in [3.8, 4) is 16.9 Å². The van der Waals surface area contributed by atoms with E-state index in [0.717, 1.165) is 47.5 Å². The first-order valence-electron chi connectivity index (χ1n) is 9.91. The quantitative estimate of drug-likeness (QED) is 0.750. The summed E-state index contributed by atoms with van der Waals surface area (Å²) in [5.74, 6) is 1.70. The van der Waals surface area contributed by atoms with Crippen LogP contribution in [0.1, 0.15) is 23.4 Å². The molecule has 4 heterocycles. The molecule has 3 aromatic rings. The summed E-state index contributed by atoms with van der Waals surface area (Å²) in [4.78, 5) is 15.2. The molecule has 2 bridgehead atoms. The van der Waals surface area contributed by atoms with E-state index in [9.17, 15) is 4.79 Å². The maximum Gasteiger partial charge on any atom is 0.287 e. The molecule has 0 radical (unpaired) electrons. The van der Waals surface area contributed by atoms with Gasteiger partial charge in [0.2, 0.25) is 0 Å². The lowest BCUT2D eigenvalue weighted by Gasteiger charge is -2.44. The van der Waals surface area contributed by atoms with Gasteiger partial charge < -0.3 is 19.4 Å². The summed E-state index contributed by atoms with van der Waals surface area (Å²) in [5.41, 5.74) is 2.86. The molecule has 5 nitrogen and oxygen atoms in total. The van der Waals surface area contributed by atoms with E-state index < -0.39 is 0 Å². The van der Waals surface area contributed by atoms with Gasteiger partial charge in [0, 0.05) is 18.0 Å². The van der Waals surface area contributed by atoms with Crippen LogP contribution in [0.25, 0.3) is 22.1 Å². The lowest BCUT2D eigenvalue weighted by molar-refractivity contribution is 0.0607. The van der Waals surface area contributed by atoms with Gasteiger partial charge in [0.1, 0.15) is 11.3 Å². The highest BCUT2D eigenvalue weighted by atomic mass is 16.5. The molecule has 3 fully saturated rings. The maximum atomic E-state index is 12.7. The van der Waals surface area contributed by atoms with E-state index in [-0.39, 0.29) is 11.9 Å². The Bertz CT molecular complexity index is 1000. The van der Waals surface area contributed by atoms with Crippen molar-refractivity contribution in [1.82, 2.24) is 10.2 Å². The Hall–Kier alpha value is -2.79. The normalized spacial score (nSPS) is 23.7. The van der Waals surface area contributed by atoms with Gasteiger partial charge in [-0.15, -0.1) is 0 Å².